The fourth-order valence-electron chi connectivity index (χ4n) is 8.12. The lowest BCUT2D eigenvalue weighted by atomic mass is 9.95. The Balaban J connectivity index is 1.19. The number of benzene rings is 2. The van der Waals surface area contributed by atoms with Crippen LogP contribution in [0.3, 0.4) is 0 Å². The number of piperazine rings is 1. The van der Waals surface area contributed by atoms with Gasteiger partial charge in [0, 0.05) is 47.7 Å². The van der Waals surface area contributed by atoms with Gasteiger partial charge in [0.2, 0.25) is 0 Å². The quantitative estimate of drug-likeness (QED) is 0.292. The van der Waals surface area contributed by atoms with E-state index in [0.717, 1.165) is 68.2 Å². The molecule has 7 heterocycles. The second-order valence-electron chi connectivity index (χ2n) is 12.5. The van der Waals surface area contributed by atoms with Crippen LogP contribution < -0.4 is 15.0 Å². The van der Waals surface area contributed by atoms with Gasteiger partial charge in [0.1, 0.15) is 34.8 Å². The number of halogens is 1. The number of ether oxygens (including phenoxy) is 1. The Hall–Kier alpha value is -3.82. The first-order chi connectivity index (χ1) is 20.6. The first kappa shape index (κ1) is 24.7. The molecule has 4 fully saturated rings. The molecule has 42 heavy (non-hydrogen) atoms. The van der Waals surface area contributed by atoms with Gasteiger partial charge in [0.05, 0.1) is 10.9 Å². The maximum Gasteiger partial charge on any atom is 0.319 e. The first-order valence-corrected chi connectivity index (χ1v) is 15.3. The molecule has 4 aliphatic rings. The molecular formula is C33H33FN6O2. The Morgan fingerprint density at radius 2 is 1.74 bits per heavy atom. The van der Waals surface area contributed by atoms with E-state index in [4.69, 9.17) is 24.1 Å². The van der Waals surface area contributed by atoms with E-state index in [1.54, 1.807) is 6.20 Å². The fraction of sp³-hybridized carbons (Fsp3) is 0.424. The minimum Gasteiger partial charge on any atom is -0.461 e. The SMILES string of the molecule is Fc1c(-c2cccc3oc4ccccc4c23)ncc2c(N3CC4CCC(C3)N4)nc(OCC34CCCN3CCC4)nc12. The van der Waals surface area contributed by atoms with Crippen molar-refractivity contribution in [3.63, 3.8) is 0 Å². The van der Waals surface area contributed by atoms with E-state index in [9.17, 15) is 0 Å². The maximum atomic E-state index is 16.8. The zero-order chi connectivity index (χ0) is 27.8. The fourth-order valence-corrected chi connectivity index (χ4v) is 8.12. The Bertz CT molecular complexity index is 1830. The van der Waals surface area contributed by atoms with Crippen molar-refractivity contribution in [3.05, 3.63) is 54.5 Å². The molecule has 1 N–H and O–H groups in total. The summed E-state index contributed by atoms with van der Waals surface area (Å²) in [4.78, 5) is 19.2. The van der Waals surface area contributed by atoms with E-state index < -0.39 is 5.82 Å². The largest absolute Gasteiger partial charge is 0.461 e. The van der Waals surface area contributed by atoms with Crippen LogP contribution >= 0.6 is 0 Å². The highest BCUT2D eigenvalue weighted by molar-refractivity contribution is 6.12. The Labute approximate surface area is 242 Å². The predicted molar refractivity (Wildman–Crippen MR) is 160 cm³/mol. The van der Waals surface area contributed by atoms with Crippen molar-refractivity contribution in [1.82, 2.24) is 25.2 Å². The molecule has 2 atom stereocenters. The second-order valence-corrected chi connectivity index (χ2v) is 12.5. The minimum atomic E-state index is -0.460. The van der Waals surface area contributed by atoms with Crippen LogP contribution in [0.1, 0.15) is 38.5 Å². The zero-order valence-corrected chi connectivity index (χ0v) is 23.5. The van der Waals surface area contributed by atoms with E-state index in [1.165, 1.54) is 12.8 Å². The van der Waals surface area contributed by atoms with Gasteiger partial charge in [0.15, 0.2) is 5.82 Å². The molecule has 4 aliphatic heterocycles. The molecule has 2 bridgehead atoms. The highest BCUT2D eigenvalue weighted by atomic mass is 19.1. The summed E-state index contributed by atoms with van der Waals surface area (Å²) >= 11 is 0. The van der Waals surface area contributed by atoms with Crippen LogP contribution in [0.15, 0.2) is 53.1 Å². The summed E-state index contributed by atoms with van der Waals surface area (Å²) < 4.78 is 29.3. The van der Waals surface area contributed by atoms with Gasteiger partial charge in [-0.15, -0.1) is 0 Å². The molecule has 5 aromatic rings. The van der Waals surface area contributed by atoms with Crippen molar-refractivity contribution in [3.8, 4) is 17.3 Å². The van der Waals surface area contributed by atoms with Crippen LogP contribution in [-0.2, 0) is 0 Å². The summed E-state index contributed by atoms with van der Waals surface area (Å²) in [5, 5.41) is 6.10. The lowest BCUT2D eigenvalue weighted by Gasteiger charge is -2.34. The number of nitrogens with one attached hydrogen (secondary N) is 1. The van der Waals surface area contributed by atoms with E-state index in [0.29, 0.717) is 41.0 Å². The summed E-state index contributed by atoms with van der Waals surface area (Å²) in [6, 6.07) is 14.6. The number of para-hydroxylation sites is 1. The summed E-state index contributed by atoms with van der Waals surface area (Å²) in [5.41, 5.74) is 2.71. The number of pyridine rings is 1. The van der Waals surface area contributed by atoms with Gasteiger partial charge in [-0.05, 0) is 63.7 Å². The van der Waals surface area contributed by atoms with Crippen molar-refractivity contribution in [1.29, 1.82) is 0 Å². The van der Waals surface area contributed by atoms with Gasteiger partial charge in [-0.25, -0.2) is 4.39 Å². The number of hydrogen-bond acceptors (Lipinski definition) is 8. The Morgan fingerprint density at radius 3 is 2.57 bits per heavy atom. The van der Waals surface area contributed by atoms with Gasteiger partial charge in [-0.2, -0.15) is 9.97 Å². The van der Waals surface area contributed by atoms with Gasteiger partial charge in [-0.1, -0.05) is 30.3 Å². The zero-order valence-electron chi connectivity index (χ0n) is 23.5. The number of nitrogens with zero attached hydrogens (tertiary/aromatic N) is 5. The highest BCUT2D eigenvalue weighted by Gasteiger charge is 2.45. The van der Waals surface area contributed by atoms with Crippen molar-refractivity contribution in [2.24, 2.45) is 0 Å². The van der Waals surface area contributed by atoms with E-state index in [2.05, 4.69) is 15.1 Å². The number of rotatable bonds is 5. The number of hydrogen-bond donors (Lipinski definition) is 1. The summed E-state index contributed by atoms with van der Waals surface area (Å²) in [7, 11) is 0. The van der Waals surface area contributed by atoms with Crippen LogP contribution in [0, 0.1) is 5.82 Å². The molecule has 214 valence electrons. The van der Waals surface area contributed by atoms with Crippen LogP contribution in [-0.4, -0.2) is 70.3 Å². The van der Waals surface area contributed by atoms with Gasteiger partial charge in [0.25, 0.3) is 0 Å². The normalized spacial score (nSPS) is 23.4. The van der Waals surface area contributed by atoms with Gasteiger partial charge < -0.3 is 19.4 Å². The molecule has 2 unspecified atom stereocenters. The van der Waals surface area contributed by atoms with Crippen molar-refractivity contribution in [2.75, 3.05) is 37.7 Å². The average Bonchev–Trinajstić information content (AvgIpc) is 3.78. The molecule has 0 aliphatic carbocycles. The number of fused-ring (bicyclic) bond motifs is 7. The average molecular weight is 565 g/mol. The van der Waals surface area contributed by atoms with Crippen LogP contribution in [0.5, 0.6) is 6.01 Å². The van der Waals surface area contributed by atoms with E-state index in [1.807, 2.05) is 42.5 Å². The van der Waals surface area contributed by atoms with Gasteiger partial charge >= 0.3 is 6.01 Å². The molecule has 9 rings (SSSR count). The molecule has 0 saturated carbocycles. The third-order valence-corrected chi connectivity index (χ3v) is 10.1. The summed E-state index contributed by atoms with van der Waals surface area (Å²) in [5.74, 6) is 0.254. The molecule has 3 aromatic heterocycles. The molecule has 4 saturated heterocycles. The molecule has 0 spiro atoms. The Morgan fingerprint density at radius 1 is 0.952 bits per heavy atom. The maximum absolute atomic E-state index is 16.8. The molecule has 0 radical (unpaired) electrons. The monoisotopic (exact) mass is 564 g/mol. The number of anilines is 1. The minimum absolute atomic E-state index is 0.0482. The number of aromatic nitrogens is 3. The van der Waals surface area contributed by atoms with Crippen LogP contribution in [0.2, 0.25) is 0 Å². The first-order valence-electron chi connectivity index (χ1n) is 15.3. The standard InChI is InChI=1S/C33H33FN6O2/c34-28-29(23-7-3-9-26-27(23)22-6-1-2-8-25(22)42-26)35-16-24-30(28)37-32(41-19-33-12-4-14-40(33)15-5-13-33)38-31(24)39-17-20-10-11-21(18-39)36-20/h1-3,6-9,16,20-21,36H,4-5,10-15,17-19H2. The van der Waals surface area contributed by atoms with Crippen molar-refractivity contribution >= 4 is 38.7 Å². The topological polar surface area (TPSA) is 79.5 Å². The predicted octanol–water partition coefficient (Wildman–Crippen LogP) is 5.68. The molecule has 0 amide bonds. The molecule has 8 nitrogen and oxygen atoms in total. The van der Waals surface area contributed by atoms with Gasteiger partial charge in [-0.3, -0.25) is 9.88 Å². The van der Waals surface area contributed by atoms with Crippen LogP contribution in [0.25, 0.3) is 44.1 Å². The summed E-state index contributed by atoms with van der Waals surface area (Å²) in [6.07, 6.45) is 8.66. The molecule has 9 heteroatoms. The summed E-state index contributed by atoms with van der Waals surface area (Å²) in [6.45, 7) is 4.42. The van der Waals surface area contributed by atoms with E-state index >= 15 is 4.39 Å². The van der Waals surface area contributed by atoms with Crippen molar-refractivity contribution in [2.45, 2.75) is 56.1 Å². The van der Waals surface area contributed by atoms with E-state index in [-0.39, 0.29) is 22.8 Å². The molecular weight excluding hydrogens is 531 g/mol. The van der Waals surface area contributed by atoms with Crippen LogP contribution in [0.4, 0.5) is 10.2 Å². The highest BCUT2D eigenvalue weighted by Crippen LogP contribution is 2.41. The number of furan rings is 1. The Kier molecular flexibility index (Phi) is 5.50. The third-order valence-electron chi connectivity index (χ3n) is 10.1. The molecule has 2 aromatic carbocycles. The lowest BCUT2D eigenvalue weighted by Crippen LogP contribution is -2.51. The smallest absolute Gasteiger partial charge is 0.319 e. The lowest BCUT2D eigenvalue weighted by molar-refractivity contribution is 0.108. The second kappa shape index (κ2) is 9.34. The van der Waals surface area contributed by atoms with Crippen molar-refractivity contribution < 1.29 is 13.5 Å². The third kappa shape index (κ3) is 3.76.